The molecule has 1 aliphatic rings. The number of methoxy groups -OCH3 is 1. The summed E-state index contributed by atoms with van der Waals surface area (Å²) in [7, 11) is 7.64. The predicted molar refractivity (Wildman–Crippen MR) is 116 cm³/mol. The van der Waals surface area contributed by atoms with Gasteiger partial charge in [0.25, 0.3) is 0 Å². The normalized spacial score (nSPS) is 14.0. The molecule has 0 spiro atoms. The van der Waals surface area contributed by atoms with Crippen molar-refractivity contribution in [3.63, 3.8) is 0 Å². The highest BCUT2D eigenvalue weighted by molar-refractivity contribution is 5.85. The molecule has 0 saturated heterocycles. The largest absolute Gasteiger partial charge is 0.480 e. The fourth-order valence-electron chi connectivity index (χ4n) is 4.25. The lowest BCUT2D eigenvalue weighted by Crippen LogP contribution is -2.47. The molecule has 6 heteroatoms. The molecule has 0 radical (unpaired) electrons. The van der Waals surface area contributed by atoms with Gasteiger partial charge in [-0.25, -0.2) is 9.59 Å². The predicted octanol–water partition coefficient (Wildman–Crippen LogP) is 4.15. The molecule has 0 aromatic heterocycles. The Labute approximate surface area is 178 Å². The lowest BCUT2D eigenvalue weighted by molar-refractivity contribution is -0.870. The van der Waals surface area contributed by atoms with Crippen molar-refractivity contribution in [2.24, 2.45) is 0 Å². The molecule has 1 atom stereocenters. The van der Waals surface area contributed by atoms with Crippen molar-refractivity contribution in [2.75, 3.05) is 34.8 Å². The fourth-order valence-corrected chi connectivity index (χ4v) is 4.25. The number of hydrogen-bond donors (Lipinski definition) is 1. The Morgan fingerprint density at radius 1 is 1.00 bits per heavy atom. The van der Waals surface area contributed by atoms with Crippen molar-refractivity contribution in [2.45, 2.75) is 31.3 Å². The van der Waals surface area contributed by atoms with Gasteiger partial charge in [0.05, 0.1) is 40.8 Å². The third kappa shape index (κ3) is 4.49. The lowest BCUT2D eigenvalue weighted by atomic mass is 9.99. The van der Waals surface area contributed by atoms with E-state index in [1.54, 1.807) is 0 Å². The summed E-state index contributed by atoms with van der Waals surface area (Å²) in [5.74, 6) is -1.01. The van der Waals surface area contributed by atoms with Crippen LogP contribution in [0.15, 0.2) is 48.5 Å². The molecule has 3 rings (SSSR count). The number of ether oxygens (including phenoxy) is 1. The Kier molecular flexibility index (Phi) is 6.46. The second-order valence-electron chi connectivity index (χ2n) is 8.82. The van der Waals surface area contributed by atoms with Gasteiger partial charge < -0.3 is 14.3 Å². The number of nitrogens with zero attached hydrogens (tertiary/aromatic N) is 2. The van der Waals surface area contributed by atoms with Crippen molar-refractivity contribution in [3.8, 4) is 11.1 Å². The van der Waals surface area contributed by atoms with E-state index in [0.29, 0.717) is 6.42 Å². The summed E-state index contributed by atoms with van der Waals surface area (Å²) in [4.78, 5) is 26.6. The molecule has 0 bridgehead atoms. The molecule has 0 saturated carbocycles. The summed E-state index contributed by atoms with van der Waals surface area (Å²) in [5.41, 5.74) is 3.92. The smallest absolute Gasteiger partial charge is 0.411 e. The maximum absolute atomic E-state index is 12.9. The number of carbonyl (C=O) groups is 2. The highest BCUT2D eigenvalue weighted by atomic mass is 16.5. The first-order valence-corrected chi connectivity index (χ1v) is 10.3. The Balaban J connectivity index is 1.97. The topological polar surface area (TPSA) is 66.8 Å². The molecule has 2 aromatic carbocycles. The number of carbonyl (C=O) groups excluding carboxylic acids is 1. The Morgan fingerprint density at radius 3 is 2.00 bits per heavy atom. The van der Waals surface area contributed by atoms with Gasteiger partial charge in [0.15, 0.2) is 0 Å². The SMILES string of the molecule is COC(=O)N(C(CCCC[N+](C)(C)C)C(=O)O)C1c2ccccc2-c2ccccc21. The van der Waals surface area contributed by atoms with Gasteiger partial charge in [-0.3, -0.25) is 4.90 Å². The van der Waals surface area contributed by atoms with Gasteiger partial charge >= 0.3 is 12.1 Å². The van der Waals surface area contributed by atoms with E-state index in [1.165, 1.54) is 12.0 Å². The van der Waals surface area contributed by atoms with Crippen LogP contribution in [0.1, 0.15) is 36.4 Å². The number of quaternary nitrogens is 1. The van der Waals surface area contributed by atoms with Crippen LogP contribution in [-0.2, 0) is 9.53 Å². The zero-order valence-corrected chi connectivity index (χ0v) is 18.2. The van der Waals surface area contributed by atoms with Crippen LogP contribution in [0.4, 0.5) is 4.79 Å². The Bertz CT molecular complexity index is 874. The molecule has 6 nitrogen and oxygen atoms in total. The second-order valence-corrected chi connectivity index (χ2v) is 8.82. The van der Waals surface area contributed by atoms with E-state index in [1.807, 2.05) is 48.5 Å². The summed E-state index contributed by atoms with van der Waals surface area (Å²) in [6, 6.07) is 14.3. The maximum atomic E-state index is 12.9. The number of fused-ring (bicyclic) bond motifs is 3. The first-order valence-electron chi connectivity index (χ1n) is 10.3. The van der Waals surface area contributed by atoms with Crippen molar-refractivity contribution in [1.29, 1.82) is 0 Å². The van der Waals surface area contributed by atoms with Crippen LogP contribution in [0, 0.1) is 0 Å². The zero-order chi connectivity index (χ0) is 21.9. The van der Waals surface area contributed by atoms with Crippen LogP contribution in [-0.4, -0.2) is 67.4 Å². The van der Waals surface area contributed by atoms with Crippen LogP contribution in [0.5, 0.6) is 0 Å². The first-order chi connectivity index (χ1) is 14.2. The minimum absolute atomic E-state index is 0.380. The molecule has 0 fully saturated rings. The Hall–Kier alpha value is -2.86. The van der Waals surface area contributed by atoms with Gasteiger partial charge in [-0.05, 0) is 41.5 Å². The highest BCUT2D eigenvalue weighted by Gasteiger charge is 2.41. The summed E-state index contributed by atoms with van der Waals surface area (Å²) in [5, 5.41) is 10.1. The summed E-state index contributed by atoms with van der Waals surface area (Å²) >= 11 is 0. The number of unbranched alkanes of at least 4 members (excludes halogenated alkanes) is 1. The summed E-state index contributed by atoms with van der Waals surface area (Å²) in [6.45, 7) is 0.944. The molecular weight excluding hydrogens is 380 g/mol. The molecule has 160 valence electrons. The standard InChI is InChI=1S/C24H30N2O4/c1-26(2,3)16-10-9-15-21(23(27)28)25(24(29)30-4)22-19-13-7-5-11-17(19)18-12-6-8-14-20(18)22/h5-8,11-14,21-22H,9-10,15-16H2,1-4H3/p+1. The fraction of sp³-hybridized carbons (Fsp3) is 0.417. The third-order valence-corrected chi connectivity index (χ3v) is 5.64. The monoisotopic (exact) mass is 411 g/mol. The quantitative estimate of drug-likeness (QED) is 0.523. The van der Waals surface area contributed by atoms with Gasteiger partial charge in [-0.2, -0.15) is 0 Å². The summed E-state index contributed by atoms with van der Waals surface area (Å²) < 4.78 is 5.89. The summed E-state index contributed by atoms with van der Waals surface area (Å²) in [6.07, 6.45) is 1.37. The average Bonchev–Trinajstić information content (AvgIpc) is 3.03. The van der Waals surface area contributed by atoms with E-state index < -0.39 is 24.1 Å². The number of benzene rings is 2. The van der Waals surface area contributed by atoms with Crippen LogP contribution < -0.4 is 0 Å². The molecule has 0 aliphatic heterocycles. The molecule has 1 N–H and O–H groups in total. The van der Waals surface area contributed by atoms with Gasteiger partial charge in [-0.1, -0.05) is 48.5 Å². The number of carboxylic acid groups (broad SMARTS) is 1. The maximum Gasteiger partial charge on any atom is 0.411 e. The van der Waals surface area contributed by atoms with Crippen LogP contribution in [0.3, 0.4) is 0 Å². The number of aliphatic carboxylic acids is 1. The van der Waals surface area contributed by atoms with Crippen molar-refractivity contribution < 1.29 is 23.9 Å². The lowest BCUT2D eigenvalue weighted by Gasteiger charge is -2.34. The molecule has 1 unspecified atom stereocenters. The van der Waals surface area contributed by atoms with E-state index in [-0.39, 0.29) is 0 Å². The van der Waals surface area contributed by atoms with E-state index >= 15 is 0 Å². The van der Waals surface area contributed by atoms with Gasteiger partial charge in [0, 0.05) is 0 Å². The molecule has 30 heavy (non-hydrogen) atoms. The first kappa shape index (κ1) is 21.8. The minimum atomic E-state index is -1.01. The molecule has 2 aromatic rings. The Morgan fingerprint density at radius 2 is 1.53 bits per heavy atom. The van der Waals surface area contributed by atoms with E-state index in [4.69, 9.17) is 4.74 Å². The third-order valence-electron chi connectivity index (χ3n) is 5.64. The van der Waals surface area contributed by atoms with Crippen molar-refractivity contribution >= 4 is 12.1 Å². The van der Waals surface area contributed by atoms with E-state index in [2.05, 4.69) is 21.1 Å². The van der Waals surface area contributed by atoms with Crippen LogP contribution >= 0.6 is 0 Å². The number of amides is 1. The van der Waals surface area contributed by atoms with Crippen LogP contribution in [0.2, 0.25) is 0 Å². The average molecular weight is 412 g/mol. The molecular formula is C24H31N2O4+. The number of hydrogen-bond acceptors (Lipinski definition) is 3. The van der Waals surface area contributed by atoms with Crippen LogP contribution in [0.25, 0.3) is 11.1 Å². The van der Waals surface area contributed by atoms with E-state index in [0.717, 1.165) is 46.1 Å². The molecule has 0 heterocycles. The van der Waals surface area contributed by atoms with Gasteiger partial charge in [-0.15, -0.1) is 0 Å². The molecule has 1 aliphatic carbocycles. The van der Waals surface area contributed by atoms with Crippen molar-refractivity contribution in [1.82, 2.24) is 4.90 Å². The second kappa shape index (κ2) is 8.88. The van der Waals surface area contributed by atoms with E-state index in [9.17, 15) is 14.7 Å². The van der Waals surface area contributed by atoms with Gasteiger partial charge in [0.2, 0.25) is 0 Å². The zero-order valence-electron chi connectivity index (χ0n) is 18.2. The number of rotatable bonds is 8. The van der Waals surface area contributed by atoms with Crippen molar-refractivity contribution in [3.05, 3.63) is 59.7 Å². The number of carboxylic acids is 1. The van der Waals surface area contributed by atoms with Gasteiger partial charge in [0.1, 0.15) is 6.04 Å². The molecule has 1 amide bonds. The highest BCUT2D eigenvalue weighted by Crippen LogP contribution is 2.47. The minimum Gasteiger partial charge on any atom is -0.480 e.